The topological polar surface area (TPSA) is 60.1 Å². The Labute approximate surface area is 157 Å². The van der Waals surface area contributed by atoms with Crippen LogP contribution in [-0.2, 0) is 6.54 Å². The second-order valence-corrected chi connectivity index (χ2v) is 6.78. The van der Waals surface area contributed by atoms with E-state index in [0.29, 0.717) is 17.9 Å². The minimum absolute atomic E-state index is 0.0947. The van der Waals surface area contributed by atoms with E-state index in [1.165, 1.54) is 10.8 Å². The molecule has 0 saturated heterocycles. The average molecular weight is 359 g/mol. The summed E-state index contributed by atoms with van der Waals surface area (Å²) in [7, 11) is 0. The van der Waals surface area contributed by atoms with Gasteiger partial charge in [-0.3, -0.25) is 9.36 Å². The third-order valence-electron chi connectivity index (χ3n) is 4.79. The van der Waals surface area contributed by atoms with Crippen LogP contribution in [0, 0.1) is 20.8 Å². The number of aromatic nitrogens is 2. The Morgan fingerprint density at radius 1 is 1.04 bits per heavy atom. The first-order valence-electron chi connectivity index (χ1n) is 8.91. The zero-order chi connectivity index (χ0) is 19.0. The Hall–Kier alpha value is -3.34. The summed E-state index contributed by atoms with van der Waals surface area (Å²) in [5, 5.41) is 9.44. The molecule has 4 rings (SSSR count). The van der Waals surface area contributed by atoms with Crippen molar-refractivity contribution in [1.29, 1.82) is 0 Å². The predicted molar refractivity (Wildman–Crippen MR) is 105 cm³/mol. The molecule has 0 bridgehead atoms. The molecule has 2 heterocycles. The fourth-order valence-corrected chi connectivity index (χ4v) is 3.43. The summed E-state index contributed by atoms with van der Waals surface area (Å²) in [6.07, 6.45) is 0. The normalized spacial score (nSPS) is 11.1. The molecule has 4 aromatic rings. The molecule has 1 N–H and O–H groups in total. The molecule has 27 heavy (non-hydrogen) atoms. The van der Waals surface area contributed by atoms with Crippen molar-refractivity contribution in [3.8, 4) is 5.82 Å². The third kappa shape index (κ3) is 3.24. The van der Waals surface area contributed by atoms with Gasteiger partial charge in [-0.1, -0.05) is 41.6 Å². The van der Waals surface area contributed by atoms with Crippen molar-refractivity contribution in [2.24, 2.45) is 0 Å². The number of hydrogen-bond donors (Lipinski definition) is 1. The van der Waals surface area contributed by atoms with Crippen molar-refractivity contribution < 1.29 is 9.32 Å². The molecule has 0 aliphatic carbocycles. The highest BCUT2D eigenvalue weighted by Gasteiger charge is 2.18. The van der Waals surface area contributed by atoms with E-state index in [-0.39, 0.29) is 5.91 Å². The van der Waals surface area contributed by atoms with Crippen LogP contribution < -0.4 is 5.32 Å². The van der Waals surface area contributed by atoms with Gasteiger partial charge in [0.2, 0.25) is 0 Å². The fourth-order valence-electron chi connectivity index (χ4n) is 3.43. The number of benzene rings is 2. The Kier molecular flexibility index (Phi) is 4.28. The van der Waals surface area contributed by atoms with Crippen LogP contribution in [0.2, 0.25) is 0 Å². The number of carbonyl (C=O) groups excluding carboxylic acids is 1. The smallest absolute Gasteiger partial charge is 0.253 e. The maximum Gasteiger partial charge on any atom is 0.253 e. The van der Waals surface area contributed by atoms with Gasteiger partial charge in [-0.2, -0.15) is 0 Å². The van der Waals surface area contributed by atoms with Crippen LogP contribution in [0.15, 0.2) is 59.1 Å². The van der Waals surface area contributed by atoms with Crippen molar-refractivity contribution >= 4 is 16.7 Å². The Balaban J connectivity index is 1.54. The van der Waals surface area contributed by atoms with Gasteiger partial charge in [-0.25, -0.2) is 0 Å². The van der Waals surface area contributed by atoms with Crippen LogP contribution in [0.5, 0.6) is 0 Å². The summed E-state index contributed by atoms with van der Waals surface area (Å²) in [5.41, 5.74) is 3.50. The van der Waals surface area contributed by atoms with Crippen LogP contribution in [0.4, 0.5) is 0 Å². The lowest BCUT2D eigenvalue weighted by Gasteiger charge is -2.08. The van der Waals surface area contributed by atoms with E-state index in [2.05, 4.69) is 34.7 Å². The summed E-state index contributed by atoms with van der Waals surface area (Å²) in [5.74, 6) is 1.33. The van der Waals surface area contributed by atoms with Gasteiger partial charge in [0, 0.05) is 24.0 Å². The number of aryl methyl sites for hydroxylation is 2. The summed E-state index contributed by atoms with van der Waals surface area (Å²) >= 11 is 0. The average Bonchev–Trinajstić information content (AvgIpc) is 3.22. The molecule has 2 aromatic heterocycles. The van der Waals surface area contributed by atoms with Crippen molar-refractivity contribution in [2.75, 3.05) is 0 Å². The van der Waals surface area contributed by atoms with Crippen LogP contribution in [0.1, 0.15) is 33.1 Å². The lowest BCUT2D eigenvalue weighted by Crippen LogP contribution is -2.23. The van der Waals surface area contributed by atoms with Crippen molar-refractivity contribution in [3.63, 3.8) is 0 Å². The molecule has 0 aliphatic heterocycles. The SMILES string of the molecule is Cc1cc(-n2c(C)cc(C(=O)NCc3ccc4ccccc4c3)c2C)no1. The summed E-state index contributed by atoms with van der Waals surface area (Å²) in [6, 6.07) is 18.2. The Morgan fingerprint density at radius 3 is 2.56 bits per heavy atom. The number of nitrogens with zero attached hydrogens (tertiary/aromatic N) is 2. The molecule has 0 radical (unpaired) electrons. The molecular formula is C22H21N3O2. The lowest BCUT2D eigenvalue weighted by molar-refractivity contribution is 0.0950. The first kappa shape index (κ1) is 17.1. The highest BCUT2D eigenvalue weighted by Crippen LogP contribution is 2.21. The third-order valence-corrected chi connectivity index (χ3v) is 4.79. The summed E-state index contributed by atoms with van der Waals surface area (Å²) < 4.78 is 7.10. The van der Waals surface area contributed by atoms with E-state index in [4.69, 9.17) is 4.52 Å². The monoisotopic (exact) mass is 359 g/mol. The van der Waals surface area contributed by atoms with Crippen molar-refractivity contribution in [2.45, 2.75) is 27.3 Å². The molecule has 136 valence electrons. The zero-order valence-electron chi connectivity index (χ0n) is 15.6. The molecule has 2 aromatic carbocycles. The fraction of sp³-hybridized carbons (Fsp3) is 0.182. The first-order chi connectivity index (χ1) is 13.0. The predicted octanol–water partition coefficient (Wildman–Crippen LogP) is 4.47. The molecule has 1 amide bonds. The minimum atomic E-state index is -0.0947. The second-order valence-electron chi connectivity index (χ2n) is 6.78. The van der Waals surface area contributed by atoms with E-state index >= 15 is 0 Å². The van der Waals surface area contributed by atoms with Crippen LogP contribution >= 0.6 is 0 Å². The zero-order valence-corrected chi connectivity index (χ0v) is 15.6. The van der Waals surface area contributed by atoms with Crippen molar-refractivity contribution in [1.82, 2.24) is 15.0 Å². The van der Waals surface area contributed by atoms with E-state index in [9.17, 15) is 4.79 Å². The highest BCUT2D eigenvalue weighted by atomic mass is 16.5. The molecule has 0 unspecified atom stereocenters. The Bertz CT molecular complexity index is 1140. The van der Waals surface area contributed by atoms with Crippen LogP contribution in [0.3, 0.4) is 0 Å². The van der Waals surface area contributed by atoms with E-state index in [1.807, 2.05) is 55.7 Å². The maximum absolute atomic E-state index is 12.7. The minimum Gasteiger partial charge on any atom is -0.360 e. The molecule has 0 atom stereocenters. The van der Waals surface area contributed by atoms with E-state index in [1.54, 1.807) is 0 Å². The quantitative estimate of drug-likeness (QED) is 0.585. The van der Waals surface area contributed by atoms with Gasteiger partial charge < -0.3 is 9.84 Å². The summed E-state index contributed by atoms with van der Waals surface area (Å²) in [4.78, 5) is 12.7. The lowest BCUT2D eigenvalue weighted by atomic mass is 10.1. The van der Waals surface area contributed by atoms with Gasteiger partial charge in [0.05, 0.1) is 5.56 Å². The van der Waals surface area contributed by atoms with Gasteiger partial charge in [0.25, 0.3) is 5.91 Å². The number of fused-ring (bicyclic) bond motifs is 1. The van der Waals surface area contributed by atoms with Crippen LogP contribution in [0.25, 0.3) is 16.6 Å². The number of rotatable bonds is 4. The number of amides is 1. The molecule has 0 saturated carbocycles. The molecule has 5 nitrogen and oxygen atoms in total. The molecular weight excluding hydrogens is 338 g/mol. The number of hydrogen-bond acceptors (Lipinski definition) is 3. The van der Waals surface area contributed by atoms with E-state index in [0.717, 1.165) is 22.7 Å². The number of carbonyl (C=O) groups is 1. The standard InChI is InChI=1S/C22H21N3O2/c1-14-10-20(16(3)25(14)21-11-15(2)27-24-21)22(26)23-13-17-8-9-18-6-4-5-7-19(18)12-17/h4-12H,13H2,1-3H3,(H,23,26). The maximum atomic E-state index is 12.7. The highest BCUT2D eigenvalue weighted by molar-refractivity contribution is 5.96. The first-order valence-corrected chi connectivity index (χ1v) is 8.91. The van der Waals surface area contributed by atoms with Gasteiger partial charge in [0.15, 0.2) is 5.82 Å². The molecule has 0 spiro atoms. The molecule has 0 aliphatic rings. The van der Waals surface area contributed by atoms with Gasteiger partial charge in [0.1, 0.15) is 5.76 Å². The molecule has 5 heteroatoms. The largest absolute Gasteiger partial charge is 0.360 e. The second kappa shape index (κ2) is 6.76. The van der Waals surface area contributed by atoms with Gasteiger partial charge in [-0.05, 0) is 49.2 Å². The van der Waals surface area contributed by atoms with E-state index < -0.39 is 0 Å². The number of nitrogens with one attached hydrogen (secondary N) is 1. The van der Waals surface area contributed by atoms with Crippen molar-refractivity contribution in [3.05, 3.63) is 82.9 Å². The van der Waals surface area contributed by atoms with Gasteiger partial charge in [-0.15, -0.1) is 0 Å². The summed E-state index contributed by atoms with van der Waals surface area (Å²) in [6.45, 7) is 6.21. The Morgan fingerprint density at radius 2 is 1.81 bits per heavy atom. The van der Waals surface area contributed by atoms with Gasteiger partial charge >= 0.3 is 0 Å². The van der Waals surface area contributed by atoms with Crippen LogP contribution in [-0.4, -0.2) is 15.6 Å². The molecule has 0 fully saturated rings.